The molecular formula is C15H13N5S. The van der Waals surface area contributed by atoms with Crippen LogP contribution in [0.3, 0.4) is 0 Å². The Morgan fingerprint density at radius 1 is 1.19 bits per heavy atom. The summed E-state index contributed by atoms with van der Waals surface area (Å²) in [5, 5.41) is 4.18. The molecule has 3 heterocycles. The Kier molecular flexibility index (Phi) is 2.82. The molecule has 0 radical (unpaired) electrons. The Balaban J connectivity index is 1.61. The monoisotopic (exact) mass is 295 g/mol. The quantitative estimate of drug-likeness (QED) is 0.584. The number of aryl methyl sites for hydroxylation is 1. The lowest BCUT2D eigenvalue weighted by Crippen LogP contribution is -1.95. The fourth-order valence-corrected chi connectivity index (χ4v) is 3.10. The molecule has 4 rings (SSSR count). The van der Waals surface area contributed by atoms with Crippen molar-refractivity contribution in [2.75, 3.05) is 0 Å². The maximum atomic E-state index is 4.45. The largest absolute Gasteiger partial charge is 0.332 e. The van der Waals surface area contributed by atoms with Crippen LogP contribution in [0.4, 0.5) is 0 Å². The lowest BCUT2D eigenvalue weighted by molar-refractivity contribution is 0.768. The van der Waals surface area contributed by atoms with Crippen LogP contribution in [0.2, 0.25) is 0 Å². The van der Waals surface area contributed by atoms with Crippen LogP contribution >= 0.6 is 11.3 Å². The van der Waals surface area contributed by atoms with Gasteiger partial charge in [-0.2, -0.15) is 5.10 Å². The predicted molar refractivity (Wildman–Crippen MR) is 83.2 cm³/mol. The number of benzene rings is 1. The summed E-state index contributed by atoms with van der Waals surface area (Å²) in [6, 6.07) is 6.38. The fourth-order valence-electron chi connectivity index (χ4n) is 2.36. The number of aromatic nitrogens is 5. The van der Waals surface area contributed by atoms with Gasteiger partial charge in [0, 0.05) is 31.5 Å². The first-order valence-electron chi connectivity index (χ1n) is 6.61. The first-order valence-corrected chi connectivity index (χ1v) is 7.49. The van der Waals surface area contributed by atoms with Gasteiger partial charge in [-0.25, -0.2) is 9.97 Å². The maximum absolute atomic E-state index is 4.45. The summed E-state index contributed by atoms with van der Waals surface area (Å²) in [7, 11) is 1.91. The zero-order valence-corrected chi connectivity index (χ0v) is 12.3. The van der Waals surface area contributed by atoms with Gasteiger partial charge in [0.05, 0.1) is 33.9 Å². The summed E-state index contributed by atoms with van der Waals surface area (Å²) in [6.07, 6.45) is 7.71. The third-order valence-corrected chi connectivity index (χ3v) is 4.19. The first-order chi connectivity index (χ1) is 10.3. The summed E-state index contributed by atoms with van der Waals surface area (Å²) in [6.45, 7) is 0.807. The number of imidazole rings is 1. The predicted octanol–water partition coefficient (Wildman–Crippen LogP) is 2.94. The molecule has 1 aromatic carbocycles. The van der Waals surface area contributed by atoms with Crippen LogP contribution in [0.1, 0.15) is 5.56 Å². The lowest BCUT2D eigenvalue weighted by Gasteiger charge is -2.02. The van der Waals surface area contributed by atoms with Gasteiger partial charge in [-0.3, -0.25) is 4.68 Å². The van der Waals surface area contributed by atoms with Crippen LogP contribution in [-0.2, 0) is 13.6 Å². The molecular weight excluding hydrogens is 282 g/mol. The second kappa shape index (κ2) is 4.82. The highest BCUT2D eigenvalue weighted by atomic mass is 32.1. The number of thiazole rings is 1. The lowest BCUT2D eigenvalue weighted by atomic mass is 10.2. The van der Waals surface area contributed by atoms with Crippen molar-refractivity contribution in [1.82, 2.24) is 24.3 Å². The van der Waals surface area contributed by atoms with Crippen molar-refractivity contribution in [3.63, 3.8) is 0 Å². The molecule has 104 valence electrons. The van der Waals surface area contributed by atoms with E-state index in [0.29, 0.717) is 0 Å². The van der Waals surface area contributed by atoms with E-state index in [4.69, 9.17) is 0 Å². The minimum absolute atomic E-state index is 0.807. The van der Waals surface area contributed by atoms with Gasteiger partial charge in [0.15, 0.2) is 0 Å². The fraction of sp³-hybridized carbons (Fsp3) is 0.133. The molecule has 0 aliphatic rings. The van der Waals surface area contributed by atoms with E-state index < -0.39 is 0 Å². The summed E-state index contributed by atoms with van der Waals surface area (Å²) in [4.78, 5) is 8.75. The molecule has 0 fully saturated rings. The molecule has 3 aromatic heterocycles. The Morgan fingerprint density at radius 2 is 2.14 bits per heavy atom. The molecule has 0 unspecified atom stereocenters. The van der Waals surface area contributed by atoms with E-state index >= 15 is 0 Å². The minimum atomic E-state index is 0.807. The molecule has 0 N–H and O–H groups in total. The number of hydrogen-bond acceptors (Lipinski definition) is 4. The molecule has 21 heavy (non-hydrogen) atoms. The van der Waals surface area contributed by atoms with Gasteiger partial charge < -0.3 is 4.57 Å². The zero-order valence-electron chi connectivity index (χ0n) is 11.5. The van der Waals surface area contributed by atoms with Gasteiger partial charge in [-0.05, 0) is 17.7 Å². The van der Waals surface area contributed by atoms with Crippen molar-refractivity contribution in [2.45, 2.75) is 6.54 Å². The maximum Gasteiger partial charge on any atom is 0.0956 e. The average Bonchev–Trinajstić information content (AvgIpc) is 3.18. The van der Waals surface area contributed by atoms with Crippen LogP contribution in [0.5, 0.6) is 0 Å². The van der Waals surface area contributed by atoms with Gasteiger partial charge in [0.1, 0.15) is 0 Å². The molecule has 0 spiro atoms. The van der Waals surface area contributed by atoms with Crippen molar-refractivity contribution in [2.24, 2.45) is 7.05 Å². The summed E-state index contributed by atoms with van der Waals surface area (Å²) >= 11 is 1.67. The second-order valence-electron chi connectivity index (χ2n) is 4.99. The van der Waals surface area contributed by atoms with Crippen molar-refractivity contribution in [3.05, 3.63) is 54.2 Å². The normalized spacial score (nSPS) is 11.3. The molecule has 0 bridgehead atoms. The van der Waals surface area contributed by atoms with Crippen LogP contribution in [0, 0.1) is 0 Å². The number of fused-ring (bicyclic) bond motifs is 1. The summed E-state index contributed by atoms with van der Waals surface area (Å²) in [5.41, 5.74) is 6.18. The third kappa shape index (κ3) is 2.34. The van der Waals surface area contributed by atoms with Gasteiger partial charge in [0.2, 0.25) is 0 Å². The first kappa shape index (κ1) is 12.3. The van der Waals surface area contributed by atoms with Crippen LogP contribution in [0.25, 0.3) is 21.5 Å². The Bertz CT molecular complexity index is 901. The van der Waals surface area contributed by atoms with Crippen molar-refractivity contribution in [3.8, 4) is 11.3 Å². The smallest absolute Gasteiger partial charge is 0.0956 e. The van der Waals surface area contributed by atoms with Gasteiger partial charge >= 0.3 is 0 Å². The van der Waals surface area contributed by atoms with Gasteiger partial charge in [-0.1, -0.05) is 6.07 Å². The third-order valence-electron chi connectivity index (χ3n) is 3.39. The molecule has 0 aliphatic carbocycles. The topological polar surface area (TPSA) is 48.5 Å². The molecule has 4 aromatic rings. The second-order valence-corrected chi connectivity index (χ2v) is 5.87. The molecule has 0 amide bonds. The van der Waals surface area contributed by atoms with Crippen molar-refractivity contribution in [1.29, 1.82) is 0 Å². The molecule has 0 saturated heterocycles. The van der Waals surface area contributed by atoms with E-state index in [0.717, 1.165) is 23.3 Å². The molecule has 6 heteroatoms. The standard InChI is InChI=1S/C15H13N5S/c1-19-7-12(5-18-19)14-8-20(9-16-14)6-11-2-3-13-15(4-11)21-10-17-13/h2-5,7-10H,6H2,1H3. The van der Waals surface area contributed by atoms with E-state index in [2.05, 4.69) is 37.8 Å². The van der Waals surface area contributed by atoms with Gasteiger partial charge in [0.25, 0.3) is 0 Å². The average molecular weight is 295 g/mol. The zero-order chi connectivity index (χ0) is 14.2. The van der Waals surface area contributed by atoms with Crippen molar-refractivity contribution < 1.29 is 0 Å². The molecule has 0 atom stereocenters. The van der Waals surface area contributed by atoms with Crippen LogP contribution in [-0.4, -0.2) is 24.3 Å². The summed E-state index contributed by atoms with van der Waals surface area (Å²) < 4.78 is 5.09. The van der Waals surface area contributed by atoms with E-state index in [-0.39, 0.29) is 0 Å². The SMILES string of the molecule is Cn1cc(-c2cn(Cc3ccc4ncsc4c3)cn2)cn1. The van der Waals surface area contributed by atoms with Crippen LogP contribution < -0.4 is 0 Å². The summed E-state index contributed by atoms with van der Waals surface area (Å²) in [5.74, 6) is 0. The molecule has 0 aliphatic heterocycles. The van der Waals surface area contributed by atoms with Crippen LogP contribution in [0.15, 0.2) is 48.6 Å². The van der Waals surface area contributed by atoms with E-state index in [1.165, 1.54) is 10.3 Å². The van der Waals surface area contributed by atoms with E-state index in [1.54, 1.807) is 16.0 Å². The van der Waals surface area contributed by atoms with Crippen molar-refractivity contribution >= 4 is 21.6 Å². The molecule has 5 nitrogen and oxygen atoms in total. The highest BCUT2D eigenvalue weighted by Gasteiger charge is 2.05. The number of rotatable bonds is 3. The highest BCUT2D eigenvalue weighted by molar-refractivity contribution is 7.16. The number of hydrogen-bond donors (Lipinski definition) is 0. The number of nitrogens with zero attached hydrogens (tertiary/aromatic N) is 5. The molecule has 0 saturated carbocycles. The minimum Gasteiger partial charge on any atom is -0.332 e. The van der Waals surface area contributed by atoms with E-state index in [1.807, 2.05) is 37.5 Å². The Morgan fingerprint density at radius 3 is 3.00 bits per heavy atom. The van der Waals surface area contributed by atoms with E-state index in [9.17, 15) is 0 Å². The Hall–Kier alpha value is -2.47. The highest BCUT2D eigenvalue weighted by Crippen LogP contribution is 2.20. The van der Waals surface area contributed by atoms with Gasteiger partial charge in [-0.15, -0.1) is 11.3 Å². The Labute approximate surface area is 125 Å².